The fourth-order valence-corrected chi connectivity index (χ4v) is 0.146. The number of hydrogen-bond donors (Lipinski definition) is 0. The maximum absolute atomic E-state index is 6.67. The third-order valence-electron chi connectivity index (χ3n) is 0.308. The summed E-state index contributed by atoms with van der Waals surface area (Å²) in [5.41, 5.74) is 0. The van der Waals surface area contributed by atoms with Gasteiger partial charge in [-0.2, -0.15) is 0 Å². The lowest BCUT2D eigenvalue weighted by Crippen LogP contribution is -1.82. The van der Waals surface area contributed by atoms with Crippen LogP contribution in [0.1, 0.15) is 1.37 Å². The van der Waals surface area contributed by atoms with Gasteiger partial charge in [0, 0.05) is 0 Å². The molecule has 1 aromatic heterocycles. The average Bonchev–Trinajstić information content (AvgIpc) is 1.69. The summed E-state index contributed by atoms with van der Waals surface area (Å²) in [4.78, 5) is 3.36. The van der Waals surface area contributed by atoms with Crippen molar-refractivity contribution in [1.82, 2.24) is 20.4 Å². The molecule has 1 aromatic rings. The Hall–Kier alpha value is -1.06. The summed E-state index contributed by atoms with van der Waals surface area (Å²) >= 11 is 0. The fourth-order valence-electron chi connectivity index (χ4n) is 0.146. The van der Waals surface area contributed by atoms with Gasteiger partial charge in [0.05, 0.1) is 0 Å². The highest BCUT2D eigenvalue weighted by Crippen LogP contribution is 1.50. The molecular formula is C2H2N4. The van der Waals surface area contributed by atoms with E-state index in [-0.39, 0.29) is 6.30 Å². The Morgan fingerprint density at radius 2 is 2.50 bits per heavy atom. The molecule has 0 unspecified atom stereocenters. The summed E-state index contributed by atoms with van der Waals surface area (Å²) in [7, 11) is 0. The van der Waals surface area contributed by atoms with Gasteiger partial charge < -0.3 is 0 Å². The minimum Gasteiger partial charge on any atom is -0.221 e. The zero-order valence-electron chi connectivity index (χ0n) is 3.87. The van der Waals surface area contributed by atoms with Crippen LogP contribution in [0.4, 0.5) is 0 Å². The van der Waals surface area contributed by atoms with Gasteiger partial charge in [0.2, 0.25) is 0 Å². The molecule has 1 heterocycles. The lowest BCUT2D eigenvalue weighted by atomic mass is 11.2. The summed E-state index contributed by atoms with van der Waals surface area (Å²) < 4.78 is 6.67. The minimum absolute atomic E-state index is 0.102. The van der Waals surface area contributed by atoms with E-state index in [2.05, 4.69) is 20.4 Å². The van der Waals surface area contributed by atoms with Crippen molar-refractivity contribution >= 4 is 0 Å². The topological polar surface area (TPSA) is 51.6 Å². The van der Waals surface area contributed by atoms with Crippen LogP contribution in [0.2, 0.25) is 0 Å². The van der Waals surface area contributed by atoms with Gasteiger partial charge in [-0.25, -0.2) is 4.98 Å². The molecule has 0 fully saturated rings. The molecule has 0 atom stereocenters. The van der Waals surface area contributed by atoms with Gasteiger partial charge in [-0.1, -0.05) is 0 Å². The van der Waals surface area contributed by atoms with Gasteiger partial charge in [-0.15, -0.1) is 10.2 Å². The molecule has 6 heavy (non-hydrogen) atoms. The smallest absolute Gasteiger partial charge is 0.141 e. The van der Waals surface area contributed by atoms with Gasteiger partial charge in [0.25, 0.3) is 0 Å². The highest BCUT2D eigenvalue weighted by atomic mass is 15.3. The second-order valence-corrected chi connectivity index (χ2v) is 0.649. The molecule has 0 aliphatic rings. The zero-order chi connectivity index (χ0) is 5.11. The van der Waals surface area contributed by atoms with Crippen molar-refractivity contribution in [3.8, 4) is 0 Å². The van der Waals surface area contributed by atoms with E-state index in [1.54, 1.807) is 0 Å². The third kappa shape index (κ3) is 0.453. The molecule has 0 saturated carbocycles. The summed E-state index contributed by atoms with van der Waals surface area (Å²) in [6.45, 7) is 0. The minimum atomic E-state index is -0.102. The van der Waals surface area contributed by atoms with Crippen molar-refractivity contribution in [2.24, 2.45) is 0 Å². The number of nitrogens with zero attached hydrogens (tertiary/aromatic N) is 4. The number of aromatic nitrogens is 4. The maximum Gasteiger partial charge on any atom is 0.141 e. The third-order valence-corrected chi connectivity index (χ3v) is 0.308. The average molecular weight is 83.1 g/mol. The van der Waals surface area contributed by atoms with E-state index < -0.39 is 0 Å². The zero-order valence-corrected chi connectivity index (χ0v) is 2.87. The van der Waals surface area contributed by atoms with Crippen molar-refractivity contribution in [2.45, 2.75) is 0 Å². The molecule has 0 saturated heterocycles. The monoisotopic (exact) mass is 83.0 g/mol. The first kappa shape index (κ1) is 2.17. The predicted octanol–water partition coefficient (Wildman–Crippen LogP) is -0.733. The number of hydrogen-bond acceptors (Lipinski definition) is 4. The number of rotatable bonds is 0. The molecule has 0 aliphatic heterocycles. The van der Waals surface area contributed by atoms with Crippen LogP contribution < -0.4 is 0 Å². The van der Waals surface area contributed by atoms with Crippen LogP contribution in [0.15, 0.2) is 12.6 Å². The van der Waals surface area contributed by atoms with Crippen LogP contribution in [0.25, 0.3) is 0 Å². The second kappa shape index (κ2) is 1.40. The molecule has 0 N–H and O–H groups in total. The van der Waals surface area contributed by atoms with Crippen LogP contribution in [-0.2, 0) is 0 Å². The standard InChI is InChI=1S/C2H2N4/c1-3-2-5-6-4-1/h1-2H/i1D. The van der Waals surface area contributed by atoms with E-state index in [1.165, 1.54) is 6.33 Å². The summed E-state index contributed by atoms with van der Waals surface area (Å²) in [6, 6.07) is 0. The molecule has 0 amide bonds. The first-order valence-electron chi connectivity index (χ1n) is 1.86. The van der Waals surface area contributed by atoms with Crippen LogP contribution in [0.5, 0.6) is 0 Å². The van der Waals surface area contributed by atoms with Gasteiger partial charge in [0.1, 0.15) is 14.0 Å². The van der Waals surface area contributed by atoms with E-state index in [0.717, 1.165) is 0 Å². The van der Waals surface area contributed by atoms with E-state index >= 15 is 0 Å². The Bertz CT molecular complexity index is 140. The van der Waals surface area contributed by atoms with Crippen molar-refractivity contribution in [2.75, 3.05) is 0 Å². The van der Waals surface area contributed by atoms with Gasteiger partial charge >= 0.3 is 0 Å². The molecule has 4 heteroatoms. The van der Waals surface area contributed by atoms with Crippen molar-refractivity contribution in [3.63, 3.8) is 0 Å². The first-order chi connectivity index (χ1) is 3.39. The van der Waals surface area contributed by atoms with E-state index in [4.69, 9.17) is 1.37 Å². The Balaban J connectivity index is 3.02. The molecule has 0 aliphatic carbocycles. The molecule has 1 rings (SSSR count). The molecule has 0 radical (unpaired) electrons. The van der Waals surface area contributed by atoms with E-state index in [1.807, 2.05) is 0 Å². The Labute approximate surface area is 35.7 Å². The van der Waals surface area contributed by atoms with Crippen LogP contribution >= 0.6 is 0 Å². The van der Waals surface area contributed by atoms with E-state index in [9.17, 15) is 0 Å². The van der Waals surface area contributed by atoms with Crippen molar-refractivity contribution < 1.29 is 1.37 Å². The summed E-state index contributed by atoms with van der Waals surface area (Å²) in [6.07, 6.45) is 1.07. The van der Waals surface area contributed by atoms with Crippen molar-refractivity contribution in [3.05, 3.63) is 12.6 Å². The Kier molecular flexibility index (Phi) is 0.506. The largest absolute Gasteiger partial charge is 0.221 e. The quantitative estimate of drug-likeness (QED) is 0.414. The first-order valence-corrected chi connectivity index (χ1v) is 1.36. The molecular weight excluding hydrogens is 80.0 g/mol. The summed E-state index contributed by atoms with van der Waals surface area (Å²) in [5.74, 6) is 0. The lowest BCUT2D eigenvalue weighted by Gasteiger charge is -1.67. The van der Waals surface area contributed by atoms with E-state index in [0.29, 0.717) is 0 Å². The molecule has 30 valence electrons. The molecule has 4 nitrogen and oxygen atoms in total. The normalized spacial score (nSPS) is 10.3. The Morgan fingerprint density at radius 3 is 2.83 bits per heavy atom. The molecule has 0 spiro atoms. The maximum atomic E-state index is 6.67. The van der Waals surface area contributed by atoms with Gasteiger partial charge in [-0.3, -0.25) is 0 Å². The highest BCUT2D eigenvalue weighted by molar-refractivity contribution is 4.39. The van der Waals surface area contributed by atoms with Crippen LogP contribution in [0, 0.1) is 0 Å². The molecule has 0 bridgehead atoms. The van der Waals surface area contributed by atoms with Crippen LogP contribution in [-0.4, -0.2) is 20.4 Å². The molecule has 0 aromatic carbocycles. The summed E-state index contributed by atoms with van der Waals surface area (Å²) in [5, 5.41) is 9.56. The predicted molar refractivity (Wildman–Crippen MR) is 17.6 cm³/mol. The lowest BCUT2D eigenvalue weighted by molar-refractivity contribution is 0.817. The Morgan fingerprint density at radius 1 is 1.50 bits per heavy atom. The highest BCUT2D eigenvalue weighted by Gasteiger charge is 1.61. The fraction of sp³-hybridized carbons (Fsp3) is 0. The second-order valence-electron chi connectivity index (χ2n) is 0.649. The van der Waals surface area contributed by atoms with Crippen molar-refractivity contribution in [1.29, 1.82) is 0 Å². The SMILES string of the molecule is [2H]c1ncnnn1. The van der Waals surface area contributed by atoms with Gasteiger partial charge in [0.15, 0.2) is 0 Å². The van der Waals surface area contributed by atoms with Crippen LogP contribution in [0.3, 0.4) is 0 Å². The van der Waals surface area contributed by atoms with Gasteiger partial charge in [-0.05, 0) is 5.21 Å².